The molecule has 1 aromatic carbocycles. The third-order valence-electron chi connectivity index (χ3n) is 6.93. The molecule has 2 N–H and O–H groups in total. The van der Waals surface area contributed by atoms with Crippen molar-refractivity contribution in [2.45, 2.75) is 76.3 Å². The van der Waals surface area contributed by atoms with Gasteiger partial charge in [-0.25, -0.2) is 4.79 Å². The molecule has 9 heteroatoms. The Balaban J connectivity index is 1.51. The van der Waals surface area contributed by atoms with Crippen molar-refractivity contribution in [3.8, 4) is 5.75 Å². The van der Waals surface area contributed by atoms with Gasteiger partial charge in [-0.2, -0.15) is 0 Å². The second-order valence-electron chi connectivity index (χ2n) is 11.2. The van der Waals surface area contributed by atoms with Gasteiger partial charge in [0.05, 0.1) is 38.1 Å². The van der Waals surface area contributed by atoms with Crippen LogP contribution in [0.3, 0.4) is 0 Å². The highest BCUT2D eigenvalue weighted by Crippen LogP contribution is 2.40. The van der Waals surface area contributed by atoms with E-state index in [0.29, 0.717) is 26.2 Å². The molecular weight excluding hydrogens is 464 g/mol. The van der Waals surface area contributed by atoms with Crippen LogP contribution >= 0.6 is 0 Å². The molecule has 2 saturated heterocycles. The molecule has 2 aliphatic rings. The van der Waals surface area contributed by atoms with Crippen LogP contribution in [-0.2, 0) is 20.8 Å². The van der Waals surface area contributed by atoms with E-state index in [1.807, 2.05) is 32.9 Å². The molecule has 0 saturated carbocycles. The van der Waals surface area contributed by atoms with E-state index >= 15 is 0 Å². The summed E-state index contributed by atoms with van der Waals surface area (Å²) in [5, 5.41) is 19.7. The Kier molecular flexibility index (Phi) is 9.62. The highest BCUT2D eigenvalue weighted by Gasteiger charge is 2.51. The van der Waals surface area contributed by atoms with Gasteiger partial charge in [0, 0.05) is 26.7 Å². The van der Waals surface area contributed by atoms with Crippen LogP contribution in [0.5, 0.6) is 5.75 Å². The number of aliphatic hydroxyl groups excluding tert-OH is 1. The van der Waals surface area contributed by atoms with Gasteiger partial charge < -0.3 is 34.1 Å². The lowest BCUT2D eigenvalue weighted by atomic mass is 9.77. The molecule has 1 amide bonds. The maximum absolute atomic E-state index is 12.7. The SMILES string of the molecule is CN(C(=O)OC(C)(C)C)[C@H]1CC2(CCN(Cc3ccc(OCCOCCO)cc3)CC2)OC[C@]1(C)O. The predicted molar refractivity (Wildman–Crippen MR) is 136 cm³/mol. The number of carbonyl (C=O) groups excluding carboxylic acids is 1. The molecule has 204 valence electrons. The molecule has 0 aliphatic carbocycles. The monoisotopic (exact) mass is 508 g/mol. The van der Waals surface area contributed by atoms with Crippen LogP contribution in [0.1, 0.15) is 52.5 Å². The molecular formula is C27H44N2O7. The van der Waals surface area contributed by atoms with Crippen LogP contribution in [0.15, 0.2) is 24.3 Å². The van der Waals surface area contributed by atoms with Crippen molar-refractivity contribution < 1.29 is 34.0 Å². The fraction of sp³-hybridized carbons (Fsp3) is 0.741. The van der Waals surface area contributed by atoms with E-state index < -0.39 is 17.3 Å². The summed E-state index contributed by atoms with van der Waals surface area (Å²) in [6, 6.07) is 7.71. The van der Waals surface area contributed by atoms with Crippen LogP contribution in [0.25, 0.3) is 0 Å². The lowest BCUT2D eigenvalue weighted by Crippen LogP contribution is -2.64. The van der Waals surface area contributed by atoms with Crippen molar-refractivity contribution >= 4 is 6.09 Å². The van der Waals surface area contributed by atoms with E-state index in [-0.39, 0.29) is 24.9 Å². The Morgan fingerprint density at radius 2 is 1.83 bits per heavy atom. The molecule has 2 heterocycles. The Morgan fingerprint density at radius 1 is 1.17 bits per heavy atom. The molecule has 1 aromatic rings. The summed E-state index contributed by atoms with van der Waals surface area (Å²) < 4.78 is 22.7. The van der Waals surface area contributed by atoms with Gasteiger partial charge in [-0.05, 0) is 64.7 Å². The number of likely N-dealkylation sites (tertiary alicyclic amines) is 1. The molecule has 3 rings (SSSR count). The van der Waals surface area contributed by atoms with Crippen molar-refractivity contribution in [3.63, 3.8) is 0 Å². The second-order valence-corrected chi connectivity index (χ2v) is 11.2. The Bertz CT molecular complexity index is 830. The predicted octanol–water partition coefficient (Wildman–Crippen LogP) is 2.82. The molecule has 36 heavy (non-hydrogen) atoms. The van der Waals surface area contributed by atoms with Crippen LogP contribution in [-0.4, -0.2) is 102 Å². The summed E-state index contributed by atoms with van der Waals surface area (Å²) in [4.78, 5) is 16.7. The number of likely N-dealkylation sites (N-methyl/N-ethyl adjacent to an activating group) is 1. The van der Waals surface area contributed by atoms with Gasteiger partial charge in [-0.1, -0.05) is 12.1 Å². The third-order valence-corrected chi connectivity index (χ3v) is 6.93. The highest BCUT2D eigenvalue weighted by molar-refractivity contribution is 5.68. The van der Waals surface area contributed by atoms with Gasteiger partial charge in [0.25, 0.3) is 0 Å². The number of hydrogen-bond acceptors (Lipinski definition) is 8. The van der Waals surface area contributed by atoms with Crippen molar-refractivity contribution in [1.82, 2.24) is 9.80 Å². The molecule has 0 aromatic heterocycles. The van der Waals surface area contributed by atoms with E-state index in [1.54, 1.807) is 18.9 Å². The van der Waals surface area contributed by atoms with E-state index in [9.17, 15) is 9.90 Å². The van der Waals surface area contributed by atoms with Crippen LogP contribution < -0.4 is 4.74 Å². The molecule has 0 radical (unpaired) electrons. The number of ether oxygens (including phenoxy) is 4. The maximum atomic E-state index is 12.7. The quantitative estimate of drug-likeness (QED) is 0.491. The normalized spacial score (nSPS) is 24.5. The molecule has 2 fully saturated rings. The van der Waals surface area contributed by atoms with E-state index in [0.717, 1.165) is 38.2 Å². The number of rotatable bonds is 9. The largest absolute Gasteiger partial charge is 0.491 e. The van der Waals surface area contributed by atoms with Crippen LogP contribution in [0.2, 0.25) is 0 Å². The Labute approximate surface area is 215 Å². The smallest absolute Gasteiger partial charge is 0.410 e. The summed E-state index contributed by atoms with van der Waals surface area (Å²) in [6.07, 6.45) is 1.85. The summed E-state index contributed by atoms with van der Waals surface area (Å²) >= 11 is 0. The zero-order chi connectivity index (χ0) is 26.4. The van der Waals surface area contributed by atoms with Gasteiger partial charge in [-0.15, -0.1) is 0 Å². The number of nitrogens with zero attached hydrogens (tertiary/aromatic N) is 2. The minimum Gasteiger partial charge on any atom is -0.491 e. The average Bonchev–Trinajstić information content (AvgIpc) is 2.82. The minimum absolute atomic E-state index is 0.0168. The van der Waals surface area contributed by atoms with Crippen molar-refractivity contribution in [2.75, 3.05) is 53.2 Å². The fourth-order valence-corrected chi connectivity index (χ4v) is 4.84. The highest BCUT2D eigenvalue weighted by atomic mass is 16.6. The first-order valence-electron chi connectivity index (χ1n) is 12.9. The van der Waals surface area contributed by atoms with Gasteiger partial charge in [0.1, 0.15) is 23.6 Å². The summed E-state index contributed by atoms with van der Waals surface area (Å²) in [7, 11) is 1.71. The van der Waals surface area contributed by atoms with Crippen molar-refractivity contribution in [2.24, 2.45) is 0 Å². The minimum atomic E-state index is -1.14. The number of hydrogen-bond donors (Lipinski definition) is 2. The molecule has 0 unspecified atom stereocenters. The van der Waals surface area contributed by atoms with E-state index in [4.69, 9.17) is 24.1 Å². The zero-order valence-electron chi connectivity index (χ0n) is 22.5. The number of amides is 1. The zero-order valence-corrected chi connectivity index (χ0v) is 22.5. The topological polar surface area (TPSA) is 101 Å². The first kappa shape index (κ1) is 28.7. The van der Waals surface area contributed by atoms with E-state index in [1.165, 1.54) is 5.56 Å². The maximum Gasteiger partial charge on any atom is 0.410 e. The lowest BCUT2D eigenvalue weighted by molar-refractivity contribution is -0.206. The Hall–Kier alpha value is -1.91. The summed E-state index contributed by atoms with van der Waals surface area (Å²) in [5.41, 5.74) is -0.868. The molecule has 1 spiro atoms. The third kappa shape index (κ3) is 8.05. The Morgan fingerprint density at radius 3 is 2.44 bits per heavy atom. The van der Waals surface area contributed by atoms with Crippen LogP contribution in [0, 0.1) is 0 Å². The van der Waals surface area contributed by atoms with E-state index in [2.05, 4.69) is 17.0 Å². The summed E-state index contributed by atoms with van der Waals surface area (Å²) in [6.45, 7) is 11.3. The molecule has 0 bridgehead atoms. The first-order valence-corrected chi connectivity index (χ1v) is 12.9. The average molecular weight is 509 g/mol. The first-order chi connectivity index (χ1) is 16.9. The van der Waals surface area contributed by atoms with Gasteiger partial charge in [0.2, 0.25) is 0 Å². The van der Waals surface area contributed by atoms with Gasteiger partial charge in [-0.3, -0.25) is 4.90 Å². The number of carbonyl (C=O) groups is 1. The van der Waals surface area contributed by atoms with Crippen molar-refractivity contribution in [3.05, 3.63) is 29.8 Å². The number of benzene rings is 1. The number of aliphatic hydroxyl groups is 2. The van der Waals surface area contributed by atoms with Gasteiger partial charge >= 0.3 is 6.09 Å². The fourth-order valence-electron chi connectivity index (χ4n) is 4.84. The second kappa shape index (κ2) is 12.1. The molecule has 2 atom stereocenters. The molecule has 9 nitrogen and oxygen atoms in total. The lowest BCUT2D eigenvalue weighted by Gasteiger charge is -2.52. The van der Waals surface area contributed by atoms with Crippen molar-refractivity contribution in [1.29, 1.82) is 0 Å². The standard InChI is InChI=1S/C27H44N2O7/c1-25(2,3)36-24(31)28(5)23-18-27(35-20-26(23,4)32)10-12-29(13-11-27)19-21-6-8-22(9-7-21)34-17-16-33-15-14-30/h6-9,23,30,32H,10-20H2,1-5H3/t23-,26-/m0/s1. The molecule has 2 aliphatic heterocycles. The summed E-state index contributed by atoms with van der Waals surface area (Å²) in [5.74, 6) is 0.798. The van der Waals surface area contributed by atoms with Crippen LogP contribution in [0.4, 0.5) is 4.79 Å². The number of piperidine rings is 1. The van der Waals surface area contributed by atoms with Gasteiger partial charge in [0.15, 0.2) is 0 Å².